The van der Waals surface area contributed by atoms with E-state index in [1.165, 1.54) is 12.1 Å². The van der Waals surface area contributed by atoms with Gasteiger partial charge in [-0.3, -0.25) is 9.69 Å². The summed E-state index contributed by atoms with van der Waals surface area (Å²) in [6.45, 7) is 5.67. The van der Waals surface area contributed by atoms with E-state index in [1.807, 2.05) is 12.1 Å². The number of aryl methyl sites for hydroxylation is 1. The fourth-order valence-electron chi connectivity index (χ4n) is 4.95. The molecule has 172 valence electrons. The number of benzene rings is 2. The molecule has 2 heterocycles. The third-order valence-electron chi connectivity index (χ3n) is 6.78. The van der Waals surface area contributed by atoms with Gasteiger partial charge in [-0.15, -0.1) is 0 Å². The lowest BCUT2D eigenvalue weighted by molar-refractivity contribution is -0.133. The number of nitrogens with zero attached hydrogens (tertiary/aromatic N) is 3. The molecule has 32 heavy (non-hydrogen) atoms. The predicted octanol–water partition coefficient (Wildman–Crippen LogP) is 3.97. The van der Waals surface area contributed by atoms with E-state index in [2.05, 4.69) is 26.8 Å². The predicted molar refractivity (Wildman–Crippen MR) is 126 cm³/mol. The summed E-state index contributed by atoms with van der Waals surface area (Å²) in [5, 5.41) is 0. The van der Waals surface area contributed by atoms with Crippen LogP contribution in [0.2, 0.25) is 0 Å². The lowest BCUT2D eigenvalue weighted by Crippen LogP contribution is -2.55. The van der Waals surface area contributed by atoms with Crippen LogP contribution in [-0.2, 0) is 11.2 Å². The van der Waals surface area contributed by atoms with Gasteiger partial charge >= 0.3 is 0 Å². The molecule has 0 saturated carbocycles. The zero-order valence-electron chi connectivity index (χ0n) is 19.0. The molecule has 5 nitrogen and oxygen atoms in total. The van der Waals surface area contributed by atoms with Gasteiger partial charge in [-0.1, -0.05) is 24.3 Å². The maximum Gasteiger partial charge on any atom is 0.222 e. The second-order valence-corrected chi connectivity index (χ2v) is 8.81. The third kappa shape index (κ3) is 5.60. The van der Waals surface area contributed by atoms with Crippen LogP contribution < -0.4 is 9.64 Å². The van der Waals surface area contributed by atoms with Crippen molar-refractivity contribution >= 4 is 11.6 Å². The third-order valence-corrected chi connectivity index (χ3v) is 6.78. The number of methoxy groups -OCH3 is 1. The van der Waals surface area contributed by atoms with Crippen molar-refractivity contribution in [2.75, 3.05) is 51.3 Å². The van der Waals surface area contributed by atoms with Crippen LogP contribution in [0, 0.1) is 5.82 Å². The number of piperidine rings is 1. The highest BCUT2D eigenvalue weighted by Gasteiger charge is 2.30. The van der Waals surface area contributed by atoms with Crippen LogP contribution >= 0.6 is 0 Å². The molecule has 2 aromatic rings. The Kier molecular flexibility index (Phi) is 7.63. The number of hydrogen-bond acceptors (Lipinski definition) is 4. The minimum absolute atomic E-state index is 0.215. The number of ether oxygens (including phenoxy) is 1. The number of rotatable bonds is 7. The molecule has 1 atom stereocenters. The van der Waals surface area contributed by atoms with Crippen LogP contribution in [0.15, 0.2) is 48.5 Å². The van der Waals surface area contributed by atoms with Crippen molar-refractivity contribution in [1.29, 1.82) is 0 Å². The Labute approximate surface area is 190 Å². The zero-order chi connectivity index (χ0) is 22.3. The van der Waals surface area contributed by atoms with Crippen molar-refractivity contribution in [1.82, 2.24) is 9.80 Å². The molecule has 2 fully saturated rings. The summed E-state index contributed by atoms with van der Waals surface area (Å²) in [7, 11) is 1.72. The van der Waals surface area contributed by atoms with Crippen LogP contribution in [0.25, 0.3) is 0 Å². The molecule has 0 spiro atoms. The maximum absolute atomic E-state index is 13.0. The van der Waals surface area contributed by atoms with Crippen molar-refractivity contribution in [3.8, 4) is 5.75 Å². The lowest BCUT2D eigenvalue weighted by Gasteiger charge is -2.44. The van der Waals surface area contributed by atoms with Gasteiger partial charge in [-0.25, -0.2) is 4.39 Å². The number of carbonyl (C=O) groups is 1. The van der Waals surface area contributed by atoms with E-state index in [0.29, 0.717) is 12.5 Å². The fraction of sp³-hybridized carbons (Fsp3) is 0.500. The molecule has 2 aromatic carbocycles. The first-order valence-electron chi connectivity index (χ1n) is 11.8. The van der Waals surface area contributed by atoms with Gasteiger partial charge in [0.25, 0.3) is 0 Å². The summed E-state index contributed by atoms with van der Waals surface area (Å²) in [6, 6.07) is 15.2. The first kappa shape index (κ1) is 22.6. The summed E-state index contributed by atoms with van der Waals surface area (Å²) in [6.07, 6.45) is 4.41. The Bertz CT molecular complexity index is 881. The Morgan fingerprint density at radius 1 is 1.03 bits per heavy atom. The van der Waals surface area contributed by atoms with E-state index in [4.69, 9.17) is 4.74 Å². The molecule has 2 saturated heterocycles. The topological polar surface area (TPSA) is 36.0 Å². The molecule has 1 amide bonds. The summed E-state index contributed by atoms with van der Waals surface area (Å²) in [4.78, 5) is 19.8. The summed E-state index contributed by atoms with van der Waals surface area (Å²) in [5.41, 5.74) is 2.25. The van der Waals surface area contributed by atoms with Crippen molar-refractivity contribution < 1.29 is 13.9 Å². The lowest BCUT2D eigenvalue weighted by atomic mass is 10.0. The monoisotopic (exact) mass is 439 g/mol. The summed E-state index contributed by atoms with van der Waals surface area (Å²) < 4.78 is 18.6. The van der Waals surface area contributed by atoms with E-state index in [1.54, 1.807) is 19.2 Å². The Hall–Kier alpha value is -2.60. The van der Waals surface area contributed by atoms with Crippen LogP contribution in [0.1, 0.15) is 31.2 Å². The Balaban J connectivity index is 1.24. The van der Waals surface area contributed by atoms with Gasteiger partial charge in [-0.2, -0.15) is 0 Å². The largest absolute Gasteiger partial charge is 0.495 e. The van der Waals surface area contributed by atoms with Crippen molar-refractivity contribution in [2.45, 2.75) is 38.1 Å². The summed E-state index contributed by atoms with van der Waals surface area (Å²) >= 11 is 0. The molecule has 1 unspecified atom stereocenters. The minimum atomic E-state index is -0.215. The number of piperazine rings is 1. The van der Waals surface area contributed by atoms with Crippen molar-refractivity contribution in [3.05, 3.63) is 59.9 Å². The highest BCUT2D eigenvalue weighted by Crippen LogP contribution is 2.29. The SMILES string of the molecule is COc1ccccc1N1CCN(C2CCCN(C(=O)CCCc3ccc(F)cc3)C2)CC1. The van der Waals surface area contributed by atoms with Gasteiger partial charge in [-0.05, 0) is 55.5 Å². The molecule has 4 rings (SSSR count). The molecule has 0 N–H and O–H groups in total. The molecule has 0 aliphatic carbocycles. The molecule has 2 aliphatic heterocycles. The molecule has 2 aliphatic rings. The number of likely N-dealkylation sites (tertiary alicyclic amines) is 1. The molecule has 0 aromatic heterocycles. The minimum Gasteiger partial charge on any atom is -0.495 e. The number of carbonyl (C=O) groups excluding carboxylic acids is 1. The van der Waals surface area contributed by atoms with Gasteiger partial charge in [0, 0.05) is 51.7 Å². The number of hydrogen-bond donors (Lipinski definition) is 0. The number of anilines is 1. The first-order chi connectivity index (χ1) is 15.6. The van der Waals surface area contributed by atoms with Crippen LogP contribution in [0.5, 0.6) is 5.75 Å². The molecule has 0 bridgehead atoms. The highest BCUT2D eigenvalue weighted by atomic mass is 19.1. The fourth-order valence-corrected chi connectivity index (χ4v) is 4.95. The van der Waals surface area contributed by atoms with Crippen molar-refractivity contribution in [3.63, 3.8) is 0 Å². The normalized spacial score (nSPS) is 19.8. The highest BCUT2D eigenvalue weighted by molar-refractivity contribution is 5.76. The van der Waals surface area contributed by atoms with Gasteiger partial charge in [0.15, 0.2) is 0 Å². The number of halogens is 1. The van der Waals surface area contributed by atoms with Crippen LogP contribution in [-0.4, -0.2) is 68.1 Å². The van der Waals surface area contributed by atoms with Gasteiger partial charge in [0.1, 0.15) is 11.6 Å². The van der Waals surface area contributed by atoms with E-state index in [9.17, 15) is 9.18 Å². The second kappa shape index (κ2) is 10.8. The van der Waals surface area contributed by atoms with E-state index < -0.39 is 0 Å². The first-order valence-corrected chi connectivity index (χ1v) is 11.8. The van der Waals surface area contributed by atoms with E-state index in [0.717, 1.165) is 82.0 Å². The molecular formula is C26H34FN3O2. The molecular weight excluding hydrogens is 405 g/mol. The van der Waals surface area contributed by atoms with E-state index >= 15 is 0 Å². The molecule has 0 radical (unpaired) electrons. The van der Waals surface area contributed by atoms with Crippen molar-refractivity contribution in [2.24, 2.45) is 0 Å². The van der Waals surface area contributed by atoms with Crippen LogP contribution in [0.3, 0.4) is 0 Å². The number of para-hydroxylation sites is 2. The Morgan fingerprint density at radius 3 is 2.53 bits per heavy atom. The smallest absolute Gasteiger partial charge is 0.222 e. The Morgan fingerprint density at radius 2 is 1.78 bits per heavy atom. The zero-order valence-corrected chi connectivity index (χ0v) is 19.0. The maximum atomic E-state index is 13.0. The van der Waals surface area contributed by atoms with Crippen LogP contribution in [0.4, 0.5) is 10.1 Å². The standard InChI is InChI=1S/C26H34FN3O2/c1-32-25-9-3-2-8-24(25)29-18-16-28(17-19-29)23-7-5-15-30(20-23)26(31)10-4-6-21-11-13-22(27)14-12-21/h2-3,8-9,11-14,23H,4-7,10,15-20H2,1H3. The number of amides is 1. The molecule has 6 heteroatoms. The van der Waals surface area contributed by atoms with Gasteiger partial charge < -0.3 is 14.5 Å². The second-order valence-electron chi connectivity index (χ2n) is 8.81. The van der Waals surface area contributed by atoms with Gasteiger partial charge in [0.05, 0.1) is 12.8 Å². The average Bonchev–Trinajstić information content (AvgIpc) is 2.85. The quantitative estimate of drug-likeness (QED) is 0.654. The average molecular weight is 440 g/mol. The van der Waals surface area contributed by atoms with Gasteiger partial charge in [0.2, 0.25) is 5.91 Å². The summed E-state index contributed by atoms with van der Waals surface area (Å²) in [5.74, 6) is 0.966. The van der Waals surface area contributed by atoms with E-state index in [-0.39, 0.29) is 11.7 Å².